The van der Waals surface area contributed by atoms with Gasteiger partial charge in [-0.25, -0.2) is 4.79 Å². The lowest BCUT2D eigenvalue weighted by Gasteiger charge is -2.44. The van der Waals surface area contributed by atoms with E-state index in [9.17, 15) is 24.6 Å². The molecule has 0 bridgehead atoms. The molecular weight excluding hydrogens is 390 g/mol. The number of fused-ring (bicyclic) bond motifs is 1. The van der Waals surface area contributed by atoms with Gasteiger partial charge in [-0.2, -0.15) is 0 Å². The third-order valence-electron chi connectivity index (χ3n) is 5.85. The fraction of sp³-hybridized carbons (Fsp3) is 0.450. The van der Waals surface area contributed by atoms with Crippen LogP contribution in [0.1, 0.15) is 23.7 Å². The minimum atomic E-state index is -1.14. The number of β-lactam (4-membered cyclic amide) rings is 1. The molecule has 0 spiro atoms. The molecule has 0 aliphatic carbocycles. The zero-order valence-electron chi connectivity index (χ0n) is 16.4. The molecule has 2 amide bonds. The van der Waals surface area contributed by atoms with Gasteiger partial charge < -0.3 is 25.7 Å². The number of nitrogens with one attached hydrogen (secondary N) is 2. The standard InChI is InChI=1S/C20H23N5O5/c1-10(26)16-14-5-13(17(20(29)30)25(14)19(16)28)12-7-22-15(23-8-12)9-24-18(27)11-3-2-4-21-6-11/h2-4,6,10,12,14,16,26H,5,7-9H2,1H3,(H,22,23)(H,24,27)(H,29,30)/t10-,14-,16-/m1/s1. The van der Waals surface area contributed by atoms with E-state index < -0.39 is 18.0 Å². The van der Waals surface area contributed by atoms with Crippen molar-refractivity contribution < 1.29 is 24.6 Å². The van der Waals surface area contributed by atoms with E-state index in [0.717, 1.165) is 0 Å². The molecule has 4 rings (SSSR count). The molecule has 1 aromatic heterocycles. The van der Waals surface area contributed by atoms with Gasteiger partial charge in [0.15, 0.2) is 0 Å². The fourth-order valence-electron chi connectivity index (χ4n) is 4.36. The molecule has 158 valence electrons. The molecule has 4 atom stereocenters. The molecule has 10 heteroatoms. The molecule has 1 unspecified atom stereocenters. The topological polar surface area (TPSA) is 144 Å². The molecule has 0 aromatic carbocycles. The van der Waals surface area contributed by atoms with Crippen LogP contribution in [0.2, 0.25) is 0 Å². The van der Waals surface area contributed by atoms with Crippen molar-refractivity contribution in [2.24, 2.45) is 16.8 Å². The van der Waals surface area contributed by atoms with Gasteiger partial charge in [0.2, 0.25) is 5.91 Å². The van der Waals surface area contributed by atoms with Crippen molar-refractivity contribution in [3.05, 3.63) is 41.4 Å². The van der Waals surface area contributed by atoms with Gasteiger partial charge in [-0.1, -0.05) is 0 Å². The van der Waals surface area contributed by atoms with Gasteiger partial charge in [-0.3, -0.25) is 19.6 Å². The Bertz CT molecular complexity index is 942. The number of aliphatic imine (C=N–C) groups is 1. The van der Waals surface area contributed by atoms with Gasteiger partial charge in [0.1, 0.15) is 11.5 Å². The molecule has 4 heterocycles. The molecule has 0 saturated carbocycles. The summed E-state index contributed by atoms with van der Waals surface area (Å²) in [5.41, 5.74) is 1.16. The van der Waals surface area contributed by atoms with Crippen LogP contribution < -0.4 is 10.6 Å². The summed E-state index contributed by atoms with van der Waals surface area (Å²) in [7, 11) is 0. The van der Waals surface area contributed by atoms with Crippen molar-refractivity contribution >= 4 is 23.6 Å². The number of aliphatic hydroxyl groups is 1. The number of carbonyl (C=O) groups is 3. The van der Waals surface area contributed by atoms with Crippen LogP contribution in [-0.2, 0) is 9.59 Å². The van der Waals surface area contributed by atoms with Crippen LogP contribution >= 0.6 is 0 Å². The van der Waals surface area contributed by atoms with Crippen LogP contribution in [0.4, 0.5) is 0 Å². The predicted molar refractivity (Wildman–Crippen MR) is 105 cm³/mol. The second kappa shape index (κ2) is 7.86. The van der Waals surface area contributed by atoms with E-state index >= 15 is 0 Å². The number of aromatic nitrogens is 1. The highest BCUT2D eigenvalue weighted by Crippen LogP contribution is 2.45. The first kappa shape index (κ1) is 20.0. The summed E-state index contributed by atoms with van der Waals surface area (Å²) in [5.74, 6) is -1.84. The minimum Gasteiger partial charge on any atom is -0.477 e. The van der Waals surface area contributed by atoms with Crippen LogP contribution in [-0.4, -0.2) is 75.5 Å². The van der Waals surface area contributed by atoms with Gasteiger partial charge in [-0.05, 0) is 31.1 Å². The lowest BCUT2D eigenvalue weighted by molar-refractivity contribution is -0.161. The van der Waals surface area contributed by atoms with Crippen molar-refractivity contribution in [3.63, 3.8) is 0 Å². The van der Waals surface area contributed by atoms with Gasteiger partial charge in [0.05, 0.1) is 30.2 Å². The number of carboxylic acids is 1. The third kappa shape index (κ3) is 3.43. The lowest BCUT2D eigenvalue weighted by Crippen LogP contribution is -2.61. The monoisotopic (exact) mass is 413 g/mol. The van der Waals surface area contributed by atoms with E-state index in [4.69, 9.17) is 0 Å². The molecule has 30 heavy (non-hydrogen) atoms. The van der Waals surface area contributed by atoms with E-state index in [1.165, 1.54) is 11.1 Å². The number of nitrogens with zero attached hydrogens (tertiary/aromatic N) is 3. The highest BCUT2D eigenvalue weighted by molar-refractivity contribution is 6.00. The summed E-state index contributed by atoms with van der Waals surface area (Å²) in [5, 5.41) is 25.4. The summed E-state index contributed by atoms with van der Waals surface area (Å²) in [4.78, 5) is 45.9. The minimum absolute atomic E-state index is 0.0252. The van der Waals surface area contributed by atoms with E-state index in [0.29, 0.717) is 36.5 Å². The van der Waals surface area contributed by atoms with Crippen LogP contribution in [0.25, 0.3) is 0 Å². The summed E-state index contributed by atoms with van der Waals surface area (Å²) < 4.78 is 0. The molecule has 10 nitrogen and oxygen atoms in total. The number of hydrogen-bond donors (Lipinski definition) is 4. The van der Waals surface area contributed by atoms with Crippen LogP contribution in [0.5, 0.6) is 0 Å². The Morgan fingerprint density at radius 1 is 1.43 bits per heavy atom. The highest BCUT2D eigenvalue weighted by atomic mass is 16.4. The molecule has 1 saturated heterocycles. The van der Waals surface area contributed by atoms with E-state index in [2.05, 4.69) is 20.6 Å². The number of carbonyl (C=O) groups excluding carboxylic acids is 2. The van der Waals surface area contributed by atoms with E-state index in [1.54, 1.807) is 25.3 Å². The molecule has 0 radical (unpaired) electrons. The van der Waals surface area contributed by atoms with Crippen molar-refractivity contribution in [3.8, 4) is 0 Å². The summed E-state index contributed by atoms with van der Waals surface area (Å²) in [6.07, 6.45) is 2.68. The van der Waals surface area contributed by atoms with Gasteiger partial charge in [-0.15, -0.1) is 0 Å². The van der Waals surface area contributed by atoms with E-state index in [1.807, 2.05) is 0 Å². The van der Waals surface area contributed by atoms with Crippen LogP contribution in [0.3, 0.4) is 0 Å². The Hall–Kier alpha value is -3.27. The Balaban J connectivity index is 1.41. The fourth-order valence-corrected chi connectivity index (χ4v) is 4.36. The van der Waals surface area contributed by atoms with Crippen molar-refractivity contribution in [1.29, 1.82) is 0 Å². The average molecular weight is 413 g/mol. The van der Waals surface area contributed by atoms with Crippen molar-refractivity contribution in [2.45, 2.75) is 25.5 Å². The second-order valence-corrected chi connectivity index (χ2v) is 7.71. The number of aliphatic hydroxyl groups excluding tert-OH is 1. The summed E-state index contributed by atoms with van der Waals surface area (Å²) >= 11 is 0. The summed E-state index contributed by atoms with van der Waals surface area (Å²) in [6.45, 7) is 2.60. The maximum Gasteiger partial charge on any atom is 0.352 e. The van der Waals surface area contributed by atoms with Crippen molar-refractivity contribution in [1.82, 2.24) is 20.5 Å². The number of amides is 2. The van der Waals surface area contributed by atoms with Gasteiger partial charge in [0.25, 0.3) is 5.91 Å². The molecule has 4 N–H and O–H groups in total. The largest absolute Gasteiger partial charge is 0.477 e. The first-order valence-electron chi connectivity index (χ1n) is 9.81. The van der Waals surface area contributed by atoms with Gasteiger partial charge in [0, 0.05) is 31.4 Å². The van der Waals surface area contributed by atoms with Gasteiger partial charge >= 0.3 is 5.97 Å². The Morgan fingerprint density at radius 2 is 2.23 bits per heavy atom. The Kier molecular flexibility index (Phi) is 5.25. The van der Waals surface area contributed by atoms with E-state index in [-0.39, 0.29) is 36.0 Å². The Morgan fingerprint density at radius 3 is 2.83 bits per heavy atom. The van der Waals surface area contributed by atoms with Crippen LogP contribution in [0, 0.1) is 11.8 Å². The maximum absolute atomic E-state index is 12.3. The number of amidine groups is 1. The number of carboxylic acid groups (broad SMARTS) is 1. The first-order chi connectivity index (χ1) is 14.4. The molecular formula is C20H23N5O5. The molecule has 1 fully saturated rings. The Labute approximate surface area is 172 Å². The smallest absolute Gasteiger partial charge is 0.352 e. The number of pyridine rings is 1. The zero-order chi connectivity index (χ0) is 21.4. The lowest BCUT2D eigenvalue weighted by atomic mass is 9.82. The zero-order valence-corrected chi connectivity index (χ0v) is 16.4. The average Bonchev–Trinajstić information content (AvgIpc) is 3.08. The SMILES string of the molecule is C[C@@H](O)[C@H]1C(=O)N2C(C(=O)O)=C(C3CN=C(CNC(=O)c4cccnc4)NC3)C[C@H]12. The maximum atomic E-state index is 12.3. The number of hydrogen-bond acceptors (Lipinski definition) is 7. The first-order valence-corrected chi connectivity index (χ1v) is 9.81. The molecule has 1 aromatic rings. The quantitative estimate of drug-likeness (QED) is 0.455. The molecule has 3 aliphatic heterocycles. The summed E-state index contributed by atoms with van der Waals surface area (Å²) in [6, 6.07) is 3.05. The second-order valence-electron chi connectivity index (χ2n) is 7.71. The predicted octanol–water partition coefficient (Wildman–Crippen LogP) is -0.620. The highest BCUT2D eigenvalue weighted by Gasteiger charge is 2.57. The number of aliphatic carboxylic acids is 1. The van der Waals surface area contributed by atoms with Crippen molar-refractivity contribution in [2.75, 3.05) is 19.6 Å². The normalized spacial score (nSPS) is 26.3. The van der Waals surface area contributed by atoms with Crippen LogP contribution in [0.15, 0.2) is 40.8 Å². The molecule has 3 aliphatic rings. The third-order valence-corrected chi connectivity index (χ3v) is 5.85. The number of rotatable bonds is 6.